The molecule has 0 fully saturated rings. The Balaban J connectivity index is 2.54. The van der Waals surface area contributed by atoms with E-state index in [2.05, 4.69) is 11.4 Å². The van der Waals surface area contributed by atoms with Crippen LogP contribution < -0.4 is 11.1 Å². The maximum Gasteiger partial charge on any atom is 0.0683 e. The van der Waals surface area contributed by atoms with Crippen molar-refractivity contribution in [3.05, 3.63) is 28.3 Å². The quantitative estimate of drug-likeness (QED) is 0.598. The fourth-order valence-electron chi connectivity index (χ4n) is 1.54. The van der Waals surface area contributed by atoms with E-state index in [-0.39, 0.29) is 0 Å². The second-order valence-electron chi connectivity index (χ2n) is 3.03. The van der Waals surface area contributed by atoms with Gasteiger partial charge in [0.05, 0.1) is 10.7 Å². The number of nitrogens with one attached hydrogen (secondary N) is 1. The van der Waals surface area contributed by atoms with Crippen molar-refractivity contribution in [2.75, 3.05) is 12.3 Å². The molecule has 1 aliphatic rings. The SMILES string of the molecule is Nc1ccc2c(c1Cl)CNCC2. The van der Waals surface area contributed by atoms with Crippen LogP contribution in [0.5, 0.6) is 0 Å². The van der Waals surface area contributed by atoms with Crippen molar-refractivity contribution in [2.24, 2.45) is 0 Å². The average molecular weight is 183 g/mol. The van der Waals surface area contributed by atoms with Gasteiger partial charge in [-0.3, -0.25) is 0 Å². The van der Waals surface area contributed by atoms with Gasteiger partial charge in [0, 0.05) is 6.54 Å². The van der Waals surface area contributed by atoms with E-state index < -0.39 is 0 Å². The standard InChI is InChI=1S/C9H11ClN2/c10-9-7-5-12-4-3-6(7)1-2-8(9)11/h1-2,12H,3-5,11H2. The van der Waals surface area contributed by atoms with Crippen molar-refractivity contribution in [1.29, 1.82) is 0 Å². The predicted octanol–water partition coefficient (Wildman–Crippen LogP) is 1.57. The van der Waals surface area contributed by atoms with Crippen molar-refractivity contribution in [3.63, 3.8) is 0 Å². The molecule has 0 amide bonds. The van der Waals surface area contributed by atoms with Crippen LogP contribution in [0.4, 0.5) is 5.69 Å². The Hall–Kier alpha value is -0.730. The lowest BCUT2D eigenvalue weighted by molar-refractivity contribution is 0.644. The maximum atomic E-state index is 6.05. The summed E-state index contributed by atoms with van der Waals surface area (Å²) in [6.07, 6.45) is 1.05. The molecule has 0 aliphatic carbocycles. The summed E-state index contributed by atoms with van der Waals surface area (Å²) in [7, 11) is 0. The van der Waals surface area contributed by atoms with Crippen LogP contribution in [0.15, 0.2) is 12.1 Å². The van der Waals surface area contributed by atoms with Crippen molar-refractivity contribution in [3.8, 4) is 0 Å². The van der Waals surface area contributed by atoms with E-state index in [4.69, 9.17) is 17.3 Å². The van der Waals surface area contributed by atoms with Gasteiger partial charge in [-0.15, -0.1) is 0 Å². The highest BCUT2D eigenvalue weighted by molar-refractivity contribution is 6.34. The molecule has 0 unspecified atom stereocenters. The Kier molecular flexibility index (Phi) is 1.95. The van der Waals surface area contributed by atoms with E-state index in [0.29, 0.717) is 5.69 Å². The third-order valence-electron chi connectivity index (χ3n) is 2.24. The van der Waals surface area contributed by atoms with Crippen LogP contribution in [0, 0.1) is 0 Å². The van der Waals surface area contributed by atoms with E-state index in [0.717, 1.165) is 24.5 Å². The summed E-state index contributed by atoms with van der Waals surface area (Å²) in [4.78, 5) is 0. The minimum absolute atomic E-state index is 0.680. The van der Waals surface area contributed by atoms with Crippen LogP contribution in [-0.4, -0.2) is 6.54 Å². The number of benzene rings is 1. The first-order chi connectivity index (χ1) is 5.79. The van der Waals surface area contributed by atoms with Crippen LogP contribution in [0.2, 0.25) is 5.02 Å². The third kappa shape index (κ3) is 1.17. The van der Waals surface area contributed by atoms with E-state index in [9.17, 15) is 0 Å². The number of fused-ring (bicyclic) bond motifs is 1. The molecule has 0 saturated heterocycles. The van der Waals surface area contributed by atoms with Crippen LogP contribution in [0.3, 0.4) is 0 Å². The maximum absolute atomic E-state index is 6.05. The molecule has 0 spiro atoms. The summed E-state index contributed by atoms with van der Waals surface area (Å²) in [6, 6.07) is 3.95. The lowest BCUT2D eigenvalue weighted by Gasteiger charge is -2.18. The average Bonchev–Trinajstić information content (AvgIpc) is 2.12. The van der Waals surface area contributed by atoms with Crippen molar-refractivity contribution >= 4 is 17.3 Å². The molecule has 12 heavy (non-hydrogen) atoms. The molecule has 1 aromatic rings. The normalized spacial score (nSPS) is 15.8. The minimum Gasteiger partial charge on any atom is -0.398 e. The lowest BCUT2D eigenvalue weighted by Crippen LogP contribution is -2.24. The van der Waals surface area contributed by atoms with Crippen LogP contribution in [0.1, 0.15) is 11.1 Å². The number of hydrogen-bond acceptors (Lipinski definition) is 2. The molecule has 0 aromatic heterocycles. The number of nitrogens with two attached hydrogens (primary N) is 1. The van der Waals surface area contributed by atoms with Crippen molar-refractivity contribution < 1.29 is 0 Å². The molecule has 0 bridgehead atoms. The molecule has 2 rings (SSSR count). The van der Waals surface area contributed by atoms with Gasteiger partial charge >= 0.3 is 0 Å². The lowest BCUT2D eigenvalue weighted by atomic mass is 10.0. The Labute approximate surface area is 76.7 Å². The Bertz CT molecular complexity index is 310. The number of nitrogen functional groups attached to an aromatic ring is 1. The monoisotopic (exact) mass is 182 g/mol. The molecular weight excluding hydrogens is 172 g/mol. The fraction of sp³-hybridized carbons (Fsp3) is 0.333. The van der Waals surface area contributed by atoms with Gasteiger partial charge < -0.3 is 11.1 Å². The number of anilines is 1. The Morgan fingerprint density at radius 1 is 1.42 bits per heavy atom. The smallest absolute Gasteiger partial charge is 0.0683 e. The molecule has 3 N–H and O–H groups in total. The zero-order valence-corrected chi connectivity index (χ0v) is 7.49. The topological polar surface area (TPSA) is 38.0 Å². The van der Waals surface area contributed by atoms with Gasteiger partial charge in [-0.25, -0.2) is 0 Å². The molecule has 1 aliphatic heterocycles. The first-order valence-electron chi connectivity index (χ1n) is 4.05. The second-order valence-corrected chi connectivity index (χ2v) is 3.41. The molecule has 3 heteroatoms. The van der Waals surface area contributed by atoms with Crippen LogP contribution in [-0.2, 0) is 13.0 Å². The summed E-state index contributed by atoms with van der Waals surface area (Å²) >= 11 is 6.05. The summed E-state index contributed by atoms with van der Waals surface area (Å²) in [5, 5.41) is 3.99. The first kappa shape index (κ1) is 7.90. The molecule has 0 radical (unpaired) electrons. The predicted molar refractivity (Wildman–Crippen MR) is 51.3 cm³/mol. The summed E-state index contributed by atoms with van der Waals surface area (Å²) in [6.45, 7) is 1.88. The van der Waals surface area contributed by atoms with Crippen molar-refractivity contribution in [2.45, 2.75) is 13.0 Å². The molecule has 0 saturated carbocycles. The molecule has 1 aromatic carbocycles. The highest BCUT2D eigenvalue weighted by atomic mass is 35.5. The number of hydrogen-bond donors (Lipinski definition) is 2. The number of halogens is 1. The van der Waals surface area contributed by atoms with Crippen LogP contribution in [0.25, 0.3) is 0 Å². The van der Waals surface area contributed by atoms with Crippen LogP contribution >= 0.6 is 11.6 Å². The van der Waals surface area contributed by atoms with Crippen molar-refractivity contribution in [1.82, 2.24) is 5.32 Å². The summed E-state index contributed by atoms with van der Waals surface area (Å²) in [5.74, 6) is 0. The first-order valence-corrected chi connectivity index (χ1v) is 4.43. The van der Waals surface area contributed by atoms with Gasteiger partial charge in [-0.1, -0.05) is 17.7 Å². The van der Waals surface area contributed by atoms with Gasteiger partial charge in [0.1, 0.15) is 0 Å². The number of rotatable bonds is 0. The van der Waals surface area contributed by atoms with Gasteiger partial charge in [-0.05, 0) is 30.2 Å². The molecule has 0 atom stereocenters. The zero-order valence-electron chi connectivity index (χ0n) is 6.73. The highest BCUT2D eigenvalue weighted by Gasteiger charge is 2.12. The largest absolute Gasteiger partial charge is 0.398 e. The van der Waals surface area contributed by atoms with E-state index >= 15 is 0 Å². The Morgan fingerprint density at radius 2 is 2.25 bits per heavy atom. The van der Waals surface area contributed by atoms with E-state index in [1.54, 1.807) is 0 Å². The molecule has 2 nitrogen and oxygen atoms in total. The van der Waals surface area contributed by atoms with Gasteiger partial charge in [0.25, 0.3) is 0 Å². The Morgan fingerprint density at radius 3 is 3.08 bits per heavy atom. The van der Waals surface area contributed by atoms with Gasteiger partial charge in [-0.2, -0.15) is 0 Å². The zero-order chi connectivity index (χ0) is 8.55. The molecule has 64 valence electrons. The minimum atomic E-state index is 0.680. The molecular formula is C9H11ClN2. The summed E-state index contributed by atoms with van der Waals surface area (Å²) in [5.41, 5.74) is 8.86. The van der Waals surface area contributed by atoms with E-state index in [1.807, 2.05) is 6.07 Å². The summed E-state index contributed by atoms with van der Waals surface area (Å²) < 4.78 is 0. The fourth-order valence-corrected chi connectivity index (χ4v) is 1.79. The third-order valence-corrected chi connectivity index (χ3v) is 2.69. The van der Waals surface area contributed by atoms with Gasteiger partial charge in [0.2, 0.25) is 0 Å². The highest BCUT2D eigenvalue weighted by Crippen LogP contribution is 2.28. The second kappa shape index (κ2) is 2.96. The molecule has 1 heterocycles. The van der Waals surface area contributed by atoms with Gasteiger partial charge in [0.15, 0.2) is 0 Å². The van der Waals surface area contributed by atoms with E-state index in [1.165, 1.54) is 11.1 Å².